The molecular weight excluding hydrogens is 254 g/mol. The van der Waals surface area contributed by atoms with Gasteiger partial charge in [0.15, 0.2) is 0 Å². The lowest BCUT2D eigenvalue weighted by Gasteiger charge is -2.03. The Morgan fingerprint density at radius 2 is 2.17 bits per heavy atom. The smallest absolute Gasteiger partial charge is 0.243 e. The molecule has 0 aliphatic carbocycles. The van der Waals surface area contributed by atoms with Crippen molar-refractivity contribution in [1.29, 1.82) is 0 Å². The van der Waals surface area contributed by atoms with Crippen LogP contribution in [-0.2, 0) is 23.6 Å². The van der Waals surface area contributed by atoms with Gasteiger partial charge in [-0.15, -0.1) is 0 Å². The summed E-state index contributed by atoms with van der Waals surface area (Å²) < 4.78 is 33.2. The average molecular weight is 269 g/mol. The van der Waals surface area contributed by atoms with Gasteiger partial charge in [0.25, 0.3) is 0 Å². The fourth-order valence-electron chi connectivity index (χ4n) is 1.65. The SMILES string of the molecule is Cc1cc(CNS(=O)(=O)c2cnn(C)c2)c(C)o1. The molecule has 18 heavy (non-hydrogen) atoms. The number of sulfonamides is 1. The van der Waals surface area contributed by atoms with Crippen LogP contribution in [0.2, 0.25) is 0 Å². The van der Waals surface area contributed by atoms with Crippen molar-refractivity contribution in [1.82, 2.24) is 14.5 Å². The summed E-state index contributed by atoms with van der Waals surface area (Å²) in [6.45, 7) is 3.84. The molecule has 0 saturated carbocycles. The first-order valence-electron chi connectivity index (χ1n) is 5.43. The number of nitrogens with zero attached hydrogens (tertiary/aromatic N) is 2. The third kappa shape index (κ3) is 2.62. The molecular formula is C11H15N3O3S. The summed E-state index contributed by atoms with van der Waals surface area (Å²) in [6.07, 6.45) is 2.77. The highest BCUT2D eigenvalue weighted by Gasteiger charge is 2.16. The van der Waals surface area contributed by atoms with E-state index >= 15 is 0 Å². The third-order valence-electron chi connectivity index (χ3n) is 2.59. The molecule has 0 spiro atoms. The molecule has 0 aliphatic rings. The van der Waals surface area contributed by atoms with Crippen LogP contribution in [0.1, 0.15) is 17.1 Å². The summed E-state index contributed by atoms with van der Waals surface area (Å²) >= 11 is 0. The fraction of sp³-hybridized carbons (Fsp3) is 0.364. The normalized spacial score (nSPS) is 11.9. The Morgan fingerprint density at radius 3 is 2.67 bits per heavy atom. The molecule has 0 radical (unpaired) electrons. The predicted octanol–water partition coefficient (Wildman–Crippen LogP) is 1.11. The molecule has 0 atom stereocenters. The standard InChI is InChI=1S/C11H15N3O3S/c1-8-4-10(9(2)17-8)5-13-18(15,16)11-6-12-14(3)7-11/h4,6-7,13H,5H2,1-3H3. The maximum Gasteiger partial charge on any atom is 0.243 e. The highest BCUT2D eigenvalue weighted by molar-refractivity contribution is 7.89. The topological polar surface area (TPSA) is 77.1 Å². The first kappa shape index (κ1) is 12.8. The minimum Gasteiger partial charge on any atom is -0.466 e. The number of hydrogen-bond donors (Lipinski definition) is 1. The maximum absolute atomic E-state index is 11.9. The van der Waals surface area contributed by atoms with E-state index in [1.54, 1.807) is 14.0 Å². The van der Waals surface area contributed by atoms with Gasteiger partial charge in [-0.1, -0.05) is 0 Å². The number of aromatic nitrogens is 2. The summed E-state index contributed by atoms with van der Waals surface area (Å²) in [7, 11) is -1.85. The van der Waals surface area contributed by atoms with Gasteiger partial charge in [-0.2, -0.15) is 5.10 Å². The van der Waals surface area contributed by atoms with Gasteiger partial charge in [-0.3, -0.25) is 4.68 Å². The zero-order valence-corrected chi connectivity index (χ0v) is 11.3. The Kier molecular flexibility index (Phi) is 3.27. The van der Waals surface area contributed by atoms with Crippen molar-refractivity contribution in [3.63, 3.8) is 0 Å². The Labute approximate surface area is 106 Å². The van der Waals surface area contributed by atoms with E-state index in [4.69, 9.17) is 4.42 Å². The molecule has 7 heteroatoms. The Balaban J connectivity index is 2.13. The van der Waals surface area contributed by atoms with Crippen molar-refractivity contribution in [2.24, 2.45) is 7.05 Å². The van der Waals surface area contributed by atoms with Crippen LogP contribution >= 0.6 is 0 Å². The van der Waals surface area contributed by atoms with E-state index in [0.29, 0.717) is 0 Å². The first-order chi connectivity index (χ1) is 8.38. The van der Waals surface area contributed by atoms with E-state index in [1.165, 1.54) is 17.1 Å². The van der Waals surface area contributed by atoms with E-state index in [9.17, 15) is 8.42 Å². The van der Waals surface area contributed by atoms with Crippen LogP contribution in [0, 0.1) is 13.8 Å². The molecule has 6 nitrogen and oxygen atoms in total. The van der Waals surface area contributed by atoms with Crippen LogP contribution in [-0.4, -0.2) is 18.2 Å². The second-order valence-electron chi connectivity index (χ2n) is 4.11. The molecule has 2 rings (SSSR count). The molecule has 0 bridgehead atoms. The molecule has 1 N–H and O–H groups in total. The van der Waals surface area contributed by atoms with Crippen LogP contribution in [0.5, 0.6) is 0 Å². The molecule has 0 aromatic carbocycles. The molecule has 0 amide bonds. The maximum atomic E-state index is 11.9. The van der Waals surface area contributed by atoms with E-state index in [2.05, 4.69) is 9.82 Å². The first-order valence-corrected chi connectivity index (χ1v) is 6.91. The van der Waals surface area contributed by atoms with Gasteiger partial charge in [0, 0.05) is 25.4 Å². The third-order valence-corrected chi connectivity index (χ3v) is 3.94. The average Bonchev–Trinajstić information content (AvgIpc) is 2.83. The molecule has 2 aromatic rings. The van der Waals surface area contributed by atoms with E-state index < -0.39 is 10.0 Å². The predicted molar refractivity (Wildman–Crippen MR) is 65.4 cm³/mol. The van der Waals surface area contributed by atoms with Crippen molar-refractivity contribution < 1.29 is 12.8 Å². The van der Waals surface area contributed by atoms with Crippen LogP contribution in [0.15, 0.2) is 27.8 Å². The molecule has 0 aliphatic heterocycles. The Hall–Kier alpha value is -1.60. The molecule has 2 aromatic heterocycles. The second-order valence-corrected chi connectivity index (χ2v) is 5.88. The highest BCUT2D eigenvalue weighted by Crippen LogP contribution is 2.14. The van der Waals surface area contributed by atoms with Crippen molar-refractivity contribution in [2.75, 3.05) is 0 Å². The lowest BCUT2D eigenvalue weighted by molar-refractivity contribution is 0.500. The minimum absolute atomic E-state index is 0.155. The second kappa shape index (κ2) is 4.58. The molecule has 0 unspecified atom stereocenters. The van der Waals surface area contributed by atoms with Gasteiger partial charge in [0.2, 0.25) is 10.0 Å². The van der Waals surface area contributed by atoms with Crippen molar-refractivity contribution >= 4 is 10.0 Å². The fourth-order valence-corrected chi connectivity index (χ4v) is 2.64. The molecule has 2 heterocycles. The van der Waals surface area contributed by atoms with Crippen molar-refractivity contribution in [3.05, 3.63) is 35.5 Å². The summed E-state index contributed by atoms with van der Waals surface area (Å²) in [6, 6.07) is 1.82. The van der Waals surface area contributed by atoms with Gasteiger partial charge in [0.05, 0.1) is 6.20 Å². The zero-order chi connectivity index (χ0) is 13.3. The Bertz CT molecular complexity index is 655. The van der Waals surface area contributed by atoms with Gasteiger partial charge in [-0.25, -0.2) is 13.1 Å². The molecule has 0 fully saturated rings. The van der Waals surface area contributed by atoms with Crippen LogP contribution < -0.4 is 4.72 Å². The van der Waals surface area contributed by atoms with Crippen molar-refractivity contribution in [2.45, 2.75) is 25.3 Å². The van der Waals surface area contributed by atoms with Crippen LogP contribution in [0.3, 0.4) is 0 Å². The monoisotopic (exact) mass is 269 g/mol. The summed E-state index contributed by atoms with van der Waals surface area (Å²) in [5.41, 5.74) is 0.833. The molecule has 0 saturated heterocycles. The van der Waals surface area contributed by atoms with E-state index in [0.717, 1.165) is 17.1 Å². The Morgan fingerprint density at radius 1 is 1.44 bits per heavy atom. The largest absolute Gasteiger partial charge is 0.466 e. The summed E-state index contributed by atoms with van der Waals surface area (Å²) in [4.78, 5) is 0.155. The summed E-state index contributed by atoms with van der Waals surface area (Å²) in [5.74, 6) is 1.49. The van der Waals surface area contributed by atoms with E-state index in [-0.39, 0.29) is 11.4 Å². The lowest BCUT2D eigenvalue weighted by Crippen LogP contribution is -2.23. The number of nitrogens with one attached hydrogen (secondary N) is 1. The highest BCUT2D eigenvalue weighted by atomic mass is 32.2. The quantitative estimate of drug-likeness (QED) is 0.902. The lowest BCUT2D eigenvalue weighted by atomic mass is 10.2. The zero-order valence-electron chi connectivity index (χ0n) is 10.5. The molecule has 98 valence electrons. The van der Waals surface area contributed by atoms with Crippen LogP contribution in [0.4, 0.5) is 0 Å². The number of aryl methyl sites for hydroxylation is 3. The number of furan rings is 1. The van der Waals surface area contributed by atoms with Gasteiger partial charge >= 0.3 is 0 Å². The van der Waals surface area contributed by atoms with Gasteiger partial charge in [-0.05, 0) is 19.9 Å². The minimum atomic E-state index is -3.52. The van der Waals surface area contributed by atoms with Gasteiger partial charge < -0.3 is 4.42 Å². The van der Waals surface area contributed by atoms with Crippen molar-refractivity contribution in [3.8, 4) is 0 Å². The number of rotatable bonds is 4. The number of hydrogen-bond acceptors (Lipinski definition) is 4. The summed E-state index contributed by atoms with van der Waals surface area (Å²) in [5, 5.41) is 3.84. The van der Waals surface area contributed by atoms with Crippen LogP contribution in [0.25, 0.3) is 0 Å². The van der Waals surface area contributed by atoms with E-state index in [1.807, 2.05) is 13.0 Å². The van der Waals surface area contributed by atoms with Gasteiger partial charge in [0.1, 0.15) is 16.4 Å².